The third kappa shape index (κ3) is 5.38. The van der Waals surface area contributed by atoms with E-state index in [2.05, 4.69) is 4.98 Å². The fourth-order valence-electron chi connectivity index (χ4n) is 4.13. The number of amides is 1. The monoisotopic (exact) mass is 414 g/mol. The molecule has 0 spiro atoms. The summed E-state index contributed by atoms with van der Waals surface area (Å²) < 4.78 is 39.4. The van der Waals surface area contributed by atoms with Crippen LogP contribution in [0.4, 0.5) is 13.2 Å². The SMILES string of the molecule is CC(C)(C)c1cc(=O)n(CC2CCN(C3CCN(CC(F)(F)F)C3=O)CC2)cn1. The van der Waals surface area contributed by atoms with Gasteiger partial charge in [-0.15, -0.1) is 0 Å². The van der Waals surface area contributed by atoms with Crippen LogP contribution >= 0.6 is 0 Å². The van der Waals surface area contributed by atoms with Gasteiger partial charge in [-0.05, 0) is 38.3 Å². The molecule has 1 unspecified atom stereocenters. The fraction of sp³-hybridized carbons (Fsp3) is 0.750. The molecule has 2 fully saturated rings. The van der Waals surface area contributed by atoms with E-state index in [9.17, 15) is 22.8 Å². The van der Waals surface area contributed by atoms with Crippen LogP contribution in [0.25, 0.3) is 0 Å². The van der Waals surface area contributed by atoms with Crippen molar-refractivity contribution in [2.24, 2.45) is 5.92 Å². The molecule has 1 aromatic heterocycles. The number of carbonyl (C=O) groups is 1. The Bertz CT molecular complexity index is 792. The highest BCUT2D eigenvalue weighted by atomic mass is 19.4. The molecule has 9 heteroatoms. The summed E-state index contributed by atoms with van der Waals surface area (Å²) in [7, 11) is 0. The van der Waals surface area contributed by atoms with E-state index in [1.165, 1.54) is 0 Å². The average molecular weight is 414 g/mol. The molecule has 0 aliphatic carbocycles. The molecule has 2 aliphatic rings. The lowest BCUT2D eigenvalue weighted by atomic mass is 9.92. The van der Waals surface area contributed by atoms with E-state index in [1.807, 2.05) is 25.7 Å². The first-order chi connectivity index (χ1) is 13.4. The number of nitrogens with zero attached hydrogens (tertiary/aromatic N) is 4. The van der Waals surface area contributed by atoms with Gasteiger partial charge in [0.15, 0.2) is 0 Å². The zero-order chi connectivity index (χ0) is 21.4. The summed E-state index contributed by atoms with van der Waals surface area (Å²) in [6.07, 6.45) is -0.712. The van der Waals surface area contributed by atoms with Crippen LogP contribution in [-0.4, -0.2) is 63.7 Å². The van der Waals surface area contributed by atoms with Gasteiger partial charge >= 0.3 is 6.18 Å². The Balaban J connectivity index is 1.54. The number of piperidine rings is 1. The van der Waals surface area contributed by atoms with Crippen molar-refractivity contribution in [2.45, 2.75) is 64.2 Å². The van der Waals surface area contributed by atoms with Crippen molar-refractivity contribution in [1.82, 2.24) is 19.4 Å². The molecule has 0 aromatic carbocycles. The quantitative estimate of drug-likeness (QED) is 0.759. The molecular weight excluding hydrogens is 385 g/mol. The van der Waals surface area contributed by atoms with Crippen LogP contribution in [0.5, 0.6) is 0 Å². The maximum Gasteiger partial charge on any atom is 0.406 e. The van der Waals surface area contributed by atoms with Crippen molar-refractivity contribution in [1.29, 1.82) is 0 Å². The number of aromatic nitrogens is 2. The Morgan fingerprint density at radius 2 is 1.72 bits per heavy atom. The number of rotatable bonds is 4. The van der Waals surface area contributed by atoms with Gasteiger partial charge in [0.05, 0.1) is 18.1 Å². The van der Waals surface area contributed by atoms with Crippen molar-refractivity contribution in [2.75, 3.05) is 26.2 Å². The van der Waals surface area contributed by atoms with Gasteiger partial charge in [0.2, 0.25) is 5.91 Å². The smallest absolute Gasteiger partial charge is 0.332 e. The molecule has 162 valence electrons. The number of likely N-dealkylation sites (tertiary alicyclic amines) is 2. The summed E-state index contributed by atoms with van der Waals surface area (Å²) in [5, 5.41) is 0. The van der Waals surface area contributed by atoms with E-state index in [1.54, 1.807) is 17.0 Å². The second kappa shape index (κ2) is 8.08. The van der Waals surface area contributed by atoms with Gasteiger partial charge in [0, 0.05) is 24.6 Å². The molecule has 0 radical (unpaired) electrons. The van der Waals surface area contributed by atoms with Crippen molar-refractivity contribution >= 4 is 5.91 Å². The summed E-state index contributed by atoms with van der Waals surface area (Å²) in [5.41, 5.74) is 0.509. The molecule has 6 nitrogen and oxygen atoms in total. The van der Waals surface area contributed by atoms with E-state index in [0.717, 1.165) is 23.4 Å². The van der Waals surface area contributed by atoms with E-state index >= 15 is 0 Å². The molecule has 0 bridgehead atoms. The summed E-state index contributed by atoms with van der Waals surface area (Å²) >= 11 is 0. The first-order valence-electron chi connectivity index (χ1n) is 10.1. The van der Waals surface area contributed by atoms with Gasteiger partial charge < -0.3 is 4.90 Å². The first-order valence-corrected chi connectivity index (χ1v) is 10.1. The maximum atomic E-state index is 12.6. The largest absolute Gasteiger partial charge is 0.406 e. The Morgan fingerprint density at radius 3 is 2.28 bits per heavy atom. The third-order valence-electron chi connectivity index (χ3n) is 5.83. The van der Waals surface area contributed by atoms with Crippen LogP contribution < -0.4 is 5.56 Å². The number of hydrogen-bond donors (Lipinski definition) is 0. The second-order valence-electron chi connectivity index (χ2n) is 9.17. The Labute approximate surface area is 168 Å². The minimum atomic E-state index is -4.36. The van der Waals surface area contributed by atoms with Crippen LogP contribution in [0, 0.1) is 5.92 Å². The van der Waals surface area contributed by atoms with Crippen molar-refractivity contribution < 1.29 is 18.0 Å². The van der Waals surface area contributed by atoms with Crippen molar-refractivity contribution in [3.05, 3.63) is 28.4 Å². The first kappa shape index (κ1) is 21.8. The Morgan fingerprint density at radius 1 is 1.07 bits per heavy atom. The zero-order valence-corrected chi connectivity index (χ0v) is 17.2. The normalized spacial score (nSPS) is 22.5. The highest BCUT2D eigenvalue weighted by Gasteiger charge is 2.42. The Kier molecular flexibility index (Phi) is 6.08. The highest BCUT2D eigenvalue weighted by molar-refractivity contribution is 5.84. The molecule has 3 heterocycles. The number of hydrogen-bond acceptors (Lipinski definition) is 4. The van der Waals surface area contributed by atoms with Gasteiger partial charge in [0.1, 0.15) is 6.54 Å². The minimum absolute atomic E-state index is 0.0684. The molecule has 3 rings (SSSR count). The molecule has 1 amide bonds. The van der Waals surface area contributed by atoms with Crippen molar-refractivity contribution in [3.63, 3.8) is 0 Å². The molecule has 1 aromatic rings. The Hall–Kier alpha value is -1.90. The molecule has 0 saturated carbocycles. The van der Waals surface area contributed by atoms with Gasteiger partial charge in [-0.3, -0.25) is 19.1 Å². The van der Waals surface area contributed by atoms with E-state index in [0.29, 0.717) is 26.1 Å². The summed E-state index contributed by atoms with van der Waals surface area (Å²) in [5.74, 6) is -0.131. The lowest BCUT2D eigenvalue weighted by Gasteiger charge is -2.35. The lowest BCUT2D eigenvalue weighted by molar-refractivity contribution is -0.159. The lowest BCUT2D eigenvalue weighted by Crippen LogP contribution is -2.47. The topological polar surface area (TPSA) is 58.4 Å². The summed E-state index contributed by atoms with van der Waals surface area (Å²) in [6.45, 7) is 6.90. The molecule has 1 atom stereocenters. The van der Waals surface area contributed by atoms with Crippen LogP contribution in [0.15, 0.2) is 17.2 Å². The summed E-state index contributed by atoms with van der Waals surface area (Å²) in [4.78, 5) is 32.1. The van der Waals surface area contributed by atoms with Gasteiger partial charge in [-0.2, -0.15) is 13.2 Å². The summed E-state index contributed by atoms with van der Waals surface area (Å²) in [6, 6.07) is 1.13. The predicted octanol–water partition coefficient (Wildman–Crippen LogP) is 2.42. The number of carbonyl (C=O) groups excluding carboxylic acids is 1. The zero-order valence-electron chi connectivity index (χ0n) is 17.2. The van der Waals surface area contributed by atoms with E-state index in [-0.39, 0.29) is 23.4 Å². The minimum Gasteiger partial charge on any atom is -0.332 e. The van der Waals surface area contributed by atoms with Gasteiger partial charge in [-0.25, -0.2) is 4.98 Å². The number of alkyl halides is 3. The maximum absolute atomic E-state index is 12.6. The van der Waals surface area contributed by atoms with Crippen LogP contribution in [0.1, 0.15) is 45.7 Å². The van der Waals surface area contributed by atoms with Crippen LogP contribution in [0.2, 0.25) is 0 Å². The van der Waals surface area contributed by atoms with Gasteiger partial charge in [-0.1, -0.05) is 20.8 Å². The molecule has 2 aliphatic heterocycles. The van der Waals surface area contributed by atoms with E-state index in [4.69, 9.17) is 0 Å². The number of halogens is 3. The standard InChI is InChI=1S/C20H29F3N4O2/c1-19(2,3)16-10-17(28)27(13-24-16)11-14-4-7-25(8-5-14)15-6-9-26(18(15)29)12-20(21,22)23/h10,13-15H,4-9,11-12H2,1-3H3. The van der Waals surface area contributed by atoms with Crippen LogP contribution in [-0.2, 0) is 16.8 Å². The van der Waals surface area contributed by atoms with E-state index < -0.39 is 24.7 Å². The van der Waals surface area contributed by atoms with Crippen molar-refractivity contribution in [3.8, 4) is 0 Å². The molecule has 2 saturated heterocycles. The molecule has 29 heavy (non-hydrogen) atoms. The molecule has 0 N–H and O–H groups in total. The van der Waals surface area contributed by atoms with Crippen LogP contribution in [0.3, 0.4) is 0 Å². The third-order valence-corrected chi connectivity index (χ3v) is 5.83. The second-order valence-corrected chi connectivity index (χ2v) is 9.17. The molecular formula is C20H29F3N4O2. The highest BCUT2D eigenvalue weighted by Crippen LogP contribution is 2.27. The predicted molar refractivity (Wildman–Crippen MR) is 103 cm³/mol. The average Bonchev–Trinajstić information content (AvgIpc) is 2.95. The van der Waals surface area contributed by atoms with Gasteiger partial charge in [0.25, 0.3) is 5.56 Å². The fourth-order valence-corrected chi connectivity index (χ4v) is 4.13.